The summed E-state index contributed by atoms with van der Waals surface area (Å²) in [6.07, 6.45) is 5.12. The quantitative estimate of drug-likeness (QED) is 0.558. The Morgan fingerprint density at radius 1 is 1.57 bits per heavy atom. The number of ketones is 1. The molecule has 0 heterocycles. The Kier molecular flexibility index (Phi) is 4.21. The molecular formula is C11H9FOS. The van der Waals surface area contributed by atoms with Crippen LogP contribution in [-0.4, -0.2) is 11.5 Å². The molecule has 14 heavy (non-hydrogen) atoms. The number of thioether (sulfide) groups is 1. The van der Waals surface area contributed by atoms with E-state index in [0.717, 1.165) is 4.90 Å². The third kappa shape index (κ3) is 3.63. The smallest absolute Gasteiger partial charge is 0.154 e. The summed E-state index contributed by atoms with van der Waals surface area (Å²) in [5.41, 5.74) is 0. The summed E-state index contributed by atoms with van der Waals surface area (Å²) in [6.45, 7) is 0. The molecule has 1 aromatic carbocycles. The lowest BCUT2D eigenvalue weighted by Crippen LogP contribution is -1.98. The summed E-state index contributed by atoms with van der Waals surface area (Å²) in [4.78, 5) is 11.8. The first-order valence-corrected chi connectivity index (χ1v) is 5.04. The van der Waals surface area contributed by atoms with Crippen LogP contribution in [0.1, 0.15) is 6.42 Å². The van der Waals surface area contributed by atoms with Crippen molar-refractivity contribution in [1.82, 2.24) is 0 Å². The van der Waals surface area contributed by atoms with Gasteiger partial charge in [-0.3, -0.25) is 4.79 Å². The largest absolute Gasteiger partial charge is 0.298 e. The van der Waals surface area contributed by atoms with Gasteiger partial charge in [-0.2, -0.15) is 0 Å². The molecule has 0 fully saturated rings. The Hall–Kier alpha value is -1.27. The van der Waals surface area contributed by atoms with E-state index in [9.17, 15) is 9.18 Å². The zero-order chi connectivity index (χ0) is 10.4. The van der Waals surface area contributed by atoms with Crippen LogP contribution in [0.15, 0.2) is 29.2 Å². The van der Waals surface area contributed by atoms with E-state index < -0.39 is 0 Å². The van der Waals surface area contributed by atoms with Crippen molar-refractivity contribution in [2.75, 3.05) is 5.75 Å². The van der Waals surface area contributed by atoms with E-state index in [1.807, 2.05) is 0 Å². The molecule has 3 heteroatoms. The lowest BCUT2D eigenvalue weighted by Gasteiger charge is -1.98. The molecule has 0 amide bonds. The van der Waals surface area contributed by atoms with Gasteiger partial charge in [-0.25, -0.2) is 4.39 Å². The molecular weight excluding hydrogens is 199 g/mol. The van der Waals surface area contributed by atoms with Gasteiger partial charge in [-0.05, 0) is 18.2 Å². The standard InChI is InChI=1S/C11H9FOS/c1-2-4-10(13)8-14-11-6-3-5-9(12)7-11/h1,3,5-7H,4,8H2. The van der Waals surface area contributed by atoms with Gasteiger partial charge in [-0.15, -0.1) is 18.2 Å². The molecule has 0 aromatic heterocycles. The van der Waals surface area contributed by atoms with Crippen LogP contribution in [0.3, 0.4) is 0 Å². The van der Waals surface area contributed by atoms with Crippen LogP contribution in [0.5, 0.6) is 0 Å². The van der Waals surface area contributed by atoms with Gasteiger partial charge < -0.3 is 0 Å². The highest BCUT2D eigenvalue weighted by Gasteiger charge is 2.01. The van der Waals surface area contributed by atoms with Crippen molar-refractivity contribution in [2.45, 2.75) is 11.3 Å². The van der Waals surface area contributed by atoms with Crippen LogP contribution in [0.2, 0.25) is 0 Å². The fourth-order valence-electron chi connectivity index (χ4n) is 0.885. The van der Waals surface area contributed by atoms with Crippen LogP contribution in [0.25, 0.3) is 0 Å². The van der Waals surface area contributed by atoms with Crippen LogP contribution < -0.4 is 0 Å². The number of benzene rings is 1. The van der Waals surface area contributed by atoms with Gasteiger partial charge in [0, 0.05) is 4.90 Å². The van der Waals surface area contributed by atoms with E-state index in [-0.39, 0.29) is 18.0 Å². The first-order chi connectivity index (χ1) is 6.72. The van der Waals surface area contributed by atoms with Gasteiger partial charge >= 0.3 is 0 Å². The average Bonchev–Trinajstić information content (AvgIpc) is 2.15. The van der Waals surface area contributed by atoms with Gasteiger partial charge in [0.2, 0.25) is 0 Å². The van der Waals surface area contributed by atoms with E-state index in [1.165, 1.54) is 23.9 Å². The van der Waals surface area contributed by atoms with Gasteiger partial charge in [-0.1, -0.05) is 12.0 Å². The van der Waals surface area contributed by atoms with Crippen LogP contribution in [-0.2, 0) is 4.79 Å². The van der Waals surface area contributed by atoms with Crippen LogP contribution in [0.4, 0.5) is 4.39 Å². The van der Waals surface area contributed by atoms with Crippen molar-refractivity contribution in [3.8, 4) is 12.3 Å². The highest BCUT2D eigenvalue weighted by atomic mass is 32.2. The zero-order valence-electron chi connectivity index (χ0n) is 7.50. The number of hydrogen-bond acceptors (Lipinski definition) is 2. The number of rotatable bonds is 4. The minimum absolute atomic E-state index is 0.0123. The summed E-state index contributed by atoms with van der Waals surface area (Å²) in [7, 11) is 0. The Labute approximate surface area is 86.7 Å². The highest BCUT2D eigenvalue weighted by Crippen LogP contribution is 2.18. The number of carbonyl (C=O) groups is 1. The molecule has 1 nitrogen and oxygen atoms in total. The fraction of sp³-hybridized carbons (Fsp3) is 0.182. The maximum Gasteiger partial charge on any atom is 0.154 e. The lowest BCUT2D eigenvalue weighted by molar-refractivity contribution is -0.115. The summed E-state index contributed by atoms with van der Waals surface area (Å²) < 4.78 is 12.7. The molecule has 0 saturated heterocycles. The Bertz CT molecular complexity index is 368. The topological polar surface area (TPSA) is 17.1 Å². The minimum atomic E-state index is -0.292. The van der Waals surface area contributed by atoms with Crippen molar-refractivity contribution < 1.29 is 9.18 Å². The molecule has 0 spiro atoms. The molecule has 1 aromatic rings. The molecule has 0 unspecified atom stereocenters. The number of terminal acetylenes is 1. The monoisotopic (exact) mass is 208 g/mol. The first kappa shape index (κ1) is 10.8. The van der Waals surface area contributed by atoms with E-state index in [1.54, 1.807) is 12.1 Å². The van der Waals surface area contributed by atoms with Crippen molar-refractivity contribution in [3.63, 3.8) is 0 Å². The SMILES string of the molecule is C#CCC(=O)CSc1cccc(F)c1. The Balaban J connectivity index is 2.46. The van der Waals surface area contributed by atoms with Crippen molar-refractivity contribution in [3.05, 3.63) is 30.1 Å². The molecule has 0 aliphatic rings. The Morgan fingerprint density at radius 2 is 2.36 bits per heavy atom. The van der Waals surface area contributed by atoms with Gasteiger partial charge in [0.1, 0.15) is 5.82 Å². The number of halogens is 1. The lowest BCUT2D eigenvalue weighted by atomic mass is 10.3. The second-order valence-corrected chi connectivity index (χ2v) is 3.71. The van der Waals surface area contributed by atoms with E-state index in [2.05, 4.69) is 5.92 Å². The van der Waals surface area contributed by atoms with Gasteiger partial charge in [0.05, 0.1) is 12.2 Å². The molecule has 0 radical (unpaired) electrons. The van der Waals surface area contributed by atoms with Gasteiger partial charge in [0.25, 0.3) is 0 Å². The van der Waals surface area contributed by atoms with Crippen LogP contribution >= 0.6 is 11.8 Å². The molecule has 0 atom stereocenters. The highest BCUT2D eigenvalue weighted by molar-refractivity contribution is 8.00. The fourth-order valence-corrected chi connectivity index (χ4v) is 1.69. The number of Topliss-reactive ketones (excluding diaryl/α,β-unsaturated/α-hetero) is 1. The zero-order valence-corrected chi connectivity index (χ0v) is 8.31. The molecule has 0 aliphatic carbocycles. The number of carbonyl (C=O) groups excluding carboxylic acids is 1. The summed E-state index contributed by atoms with van der Waals surface area (Å²) >= 11 is 1.30. The molecule has 1 rings (SSSR count). The summed E-state index contributed by atoms with van der Waals surface area (Å²) in [6, 6.07) is 6.14. The second-order valence-electron chi connectivity index (χ2n) is 2.67. The van der Waals surface area contributed by atoms with E-state index in [4.69, 9.17) is 6.42 Å². The number of hydrogen-bond donors (Lipinski definition) is 0. The van der Waals surface area contributed by atoms with Gasteiger partial charge in [0.15, 0.2) is 5.78 Å². The van der Waals surface area contributed by atoms with Crippen LogP contribution in [0, 0.1) is 18.2 Å². The molecule has 72 valence electrons. The summed E-state index contributed by atoms with van der Waals surface area (Å²) in [5.74, 6) is 2.27. The second kappa shape index (κ2) is 5.46. The first-order valence-electron chi connectivity index (χ1n) is 4.06. The predicted octanol–water partition coefficient (Wildman–Crippen LogP) is 2.51. The van der Waals surface area contributed by atoms with Crippen molar-refractivity contribution in [2.24, 2.45) is 0 Å². The molecule has 0 aliphatic heterocycles. The molecule has 0 bridgehead atoms. The molecule has 0 saturated carbocycles. The predicted molar refractivity (Wildman–Crippen MR) is 55.6 cm³/mol. The minimum Gasteiger partial charge on any atom is -0.298 e. The van der Waals surface area contributed by atoms with E-state index in [0.29, 0.717) is 5.75 Å². The summed E-state index contributed by atoms with van der Waals surface area (Å²) in [5, 5.41) is 0. The molecule has 0 N–H and O–H groups in total. The average molecular weight is 208 g/mol. The third-order valence-corrected chi connectivity index (χ3v) is 2.55. The Morgan fingerprint density at radius 3 is 3.00 bits per heavy atom. The van der Waals surface area contributed by atoms with Crippen molar-refractivity contribution >= 4 is 17.5 Å². The van der Waals surface area contributed by atoms with Crippen molar-refractivity contribution in [1.29, 1.82) is 0 Å². The third-order valence-electron chi connectivity index (χ3n) is 1.50. The maximum atomic E-state index is 12.7. The maximum absolute atomic E-state index is 12.7. The normalized spacial score (nSPS) is 9.43. The van der Waals surface area contributed by atoms with E-state index >= 15 is 0 Å².